The lowest BCUT2D eigenvalue weighted by molar-refractivity contribution is 0.251. The summed E-state index contributed by atoms with van der Waals surface area (Å²) in [5.41, 5.74) is 2.18. The number of halogens is 1. The molecule has 2 N–H and O–H groups in total. The third kappa shape index (κ3) is 4.41. The van der Waals surface area contributed by atoms with Crippen LogP contribution in [0.1, 0.15) is 12.5 Å². The van der Waals surface area contributed by atoms with Crippen LogP contribution in [0.15, 0.2) is 48.7 Å². The number of carbonyl (C=O) groups is 1. The average Bonchev–Trinajstić information content (AvgIpc) is 2.68. The van der Waals surface area contributed by atoms with Crippen molar-refractivity contribution in [3.05, 3.63) is 59.2 Å². The molecule has 2 amide bonds. The van der Waals surface area contributed by atoms with E-state index in [9.17, 15) is 4.79 Å². The molecule has 0 radical (unpaired) electrons. The predicted molar refractivity (Wildman–Crippen MR) is 107 cm³/mol. The quantitative estimate of drug-likeness (QED) is 0.649. The fraction of sp³-hybridized carbons (Fsp3) is 0.200. The minimum absolute atomic E-state index is 0.284. The Morgan fingerprint density at radius 2 is 2.04 bits per heavy atom. The highest BCUT2D eigenvalue weighted by atomic mass is 35.5. The van der Waals surface area contributed by atoms with Gasteiger partial charge in [0, 0.05) is 18.1 Å². The van der Waals surface area contributed by atoms with Crippen molar-refractivity contribution in [3.8, 4) is 11.5 Å². The van der Waals surface area contributed by atoms with Crippen LogP contribution in [0.2, 0.25) is 5.02 Å². The zero-order valence-corrected chi connectivity index (χ0v) is 15.8. The van der Waals surface area contributed by atoms with Crippen molar-refractivity contribution in [2.75, 3.05) is 19.0 Å². The largest absolute Gasteiger partial charge is 0.493 e. The Kier molecular flexibility index (Phi) is 5.98. The zero-order valence-electron chi connectivity index (χ0n) is 15.1. The first-order valence-corrected chi connectivity index (χ1v) is 8.88. The number of methoxy groups -OCH3 is 1. The first kappa shape index (κ1) is 18.8. The van der Waals surface area contributed by atoms with Crippen LogP contribution in [0.5, 0.6) is 11.5 Å². The molecule has 0 saturated carbocycles. The molecule has 0 bridgehead atoms. The smallest absolute Gasteiger partial charge is 0.319 e. The van der Waals surface area contributed by atoms with Crippen molar-refractivity contribution >= 4 is 34.2 Å². The van der Waals surface area contributed by atoms with Gasteiger partial charge in [0.25, 0.3) is 0 Å². The van der Waals surface area contributed by atoms with Crippen LogP contribution in [0.4, 0.5) is 10.5 Å². The number of amides is 2. The number of hydrogen-bond donors (Lipinski definition) is 2. The summed E-state index contributed by atoms with van der Waals surface area (Å²) < 4.78 is 10.8. The number of anilines is 1. The minimum Gasteiger partial charge on any atom is -0.493 e. The molecule has 0 saturated heterocycles. The number of benzene rings is 2. The van der Waals surface area contributed by atoms with Crippen molar-refractivity contribution in [2.45, 2.75) is 13.5 Å². The van der Waals surface area contributed by atoms with Gasteiger partial charge in [0.05, 0.1) is 29.9 Å². The Bertz CT molecular complexity index is 957. The molecule has 7 heteroatoms. The van der Waals surface area contributed by atoms with Gasteiger partial charge >= 0.3 is 6.03 Å². The van der Waals surface area contributed by atoms with Crippen molar-refractivity contribution in [3.63, 3.8) is 0 Å². The molecule has 0 spiro atoms. The lowest BCUT2D eigenvalue weighted by Gasteiger charge is -2.14. The second-order valence-corrected chi connectivity index (χ2v) is 6.14. The van der Waals surface area contributed by atoms with E-state index < -0.39 is 0 Å². The van der Waals surface area contributed by atoms with E-state index in [0.717, 1.165) is 16.5 Å². The van der Waals surface area contributed by atoms with E-state index in [1.807, 2.05) is 37.3 Å². The highest BCUT2D eigenvalue weighted by molar-refractivity contribution is 6.32. The predicted octanol–water partition coefficient (Wildman–Crippen LogP) is 4.62. The topological polar surface area (TPSA) is 72.5 Å². The van der Waals surface area contributed by atoms with Crippen molar-refractivity contribution in [1.29, 1.82) is 0 Å². The third-order valence-corrected chi connectivity index (χ3v) is 4.19. The Morgan fingerprint density at radius 1 is 1.22 bits per heavy atom. The van der Waals surface area contributed by atoms with Crippen LogP contribution in [0, 0.1) is 0 Å². The van der Waals surface area contributed by atoms with Crippen LogP contribution in [0.25, 0.3) is 10.9 Å². The maximum absolute atomic E-state index is 12.3. The van der Waals surface area contributed by atoms with E-state index in [1.165, 1.54) is 0 Å². The monoisotopic (exact) mass is 385 g/mol. The van der Waals surface area contributed by atoms with Gasteiger partial charge in [-0.25, -0.2) is 4.79 Å². The Labute approximate surface area is 162 Å². The molecule has 0 aliphatic rings. The van der Waals surface area contributed by atoms with Gasteiger partial charge in [0.2, 0.25) is 0 Å². The van der Waals surface area contributed by atoms with Crippen molar-refractivity contribution in [1.82, 2.24) is 10.3 Å². The molecule has 27 heavy (non-hydrogen) atoms. The van der Waals surface area contributed by atoms with E-state index in [2.05, 4.69) is 15.6 Å². The van der Waals surface area contributed by atoms with E-state index in [0.29, 0.717) is 28.8 Å². The van der Waals surface area contributed by atoms with Gasteiger partial charge in [0.1, 0.15) is 0 Å². The summed E-state index contributed by atoms with van der Waals surface area (Å²) in [4.78, 5) is 16.6. The van der Waals surface area contributed by atoms with Crippen molar-refractivity contribution < 1.29 is 14.3 Å². The number of carbonyl (C=O) groups excluding carboxylic acids is 1. The van der Waals surface area contributed by atoms with E-state index in [-0.39, 0.29) is 12.6 Å². The zero-order chi connectivity index (χ0) is 19.2. The SMILES string of the molecule is CCOc1c(Cl)cc(CNC(=O)Nc2cccc3cccnc23)cc1OC. The van der Waals surface area contributed by atoms with Crippen LogP contribution < -0.4 is 20.1 Å². The molecular formula is C20H20ClN3O3. The van der Waals surface area contributed by atoms with Gasteiger partial charge in [-0.15, -0.1) is 0 Å². The van der Waals surface area contributed by atoms with Gasteiger partial charge in [0.15, 0.2) is 11.5 Å². The third-order valence-electron chi connectivity index (χ3n) is 3.91. The van der Waals surface area contributed by atoms with E-state index in [4.69, 9.17) is 21.1 Å². The molecule has 2 aromatic carbocycles. The lowest BCUT2D eigenvalue weighted by atomic mass is 10.2. The van der Waals surface area contributed by atoms with Gasteiger partial charge in [-0.2, -0.15) is 0 Å². The number of hydrogen-bond acceptors (Lipinski definition) is 4. The number of para-hydroxylation sites is 1. The molecule has 0 aliphatic heterocycles. The molecule has 0 atom stereocenters. The fourth-order valence-corrected chi connectivity index (χ4v) is 3.00. The van der Waals surface area contributed by atoms with Crippen molar-refractivity contribution in [2.24, 2.45) is 0 Å². The van der Waals surface area contributed by atoms with Crippen LogP contribution in [-0.4, -0.2) is 24.7 Å². The summed E-state index contributed by atoms with van der Waals surface area (Å²) in [5.74, 6) is 1.02. The van der Waals surface area contributed by atoms with Gasteiger partial charge < -0.3 is 20.1 Å². The summed E-state index contributed by atoms with van der Waals surface area (Å²) in [6.45, 7) is 2.64. The average molecular weight is 386 g/mol. The summed E-state index contributed by atoms with van der Waals surface area (Å²) >= 11 is 6.26. The first-order chi connectivity index (χ1) is 13.1. The highest BCUT2D eigenvalue weighted by Crippen LogP contribution is 2.36. The number of pyridine rings is 1. The molecule has 0 fully saturated rings. The molecule has 6 nitrogen and oxygen atoms in total. The summed E-state index contributed by atoms with van der Waals surface area (Å²) in [6.07, 6.45) is 1.69. The molecule has 3 aromatic rings. The molecule has 0 unspecified atom stereocenters. The second-order valence-electron chi connectivity index (χ2n) is 5.73. The van der Waals surface area contributed by atoms with Gasteiger partial charge in [-0.05, 0) is 36.8 Å². The molecule has 3 rings (SSSR count). The maximum Gasteiger partial charge on any atom is 0.319 e. The van der Waals surface area contributed by atoms with Gasteiger partial charge in [-0.1, -0.05) is 29.8 Å². The Morgan fingerprint density at radius 3 is 2.81 bits per heavy atom. The fourth-order valence-electron chi connectivity index (χ4n) is 2.71. The number of ether oxygens (including phenoxy) is 2. The number of fused-ring (bicyclic) bond motifs is 1. The number of aromatic nitrogens is 1. The molecule has 0 aliphatic carbocycles. The number of nitrogens with one attached hydrogen (secondary N) is 2. The Balaban J connectivity index is 1.69. The summed E-state index contributed by atoms with van der Waals surface area (Å²) in [6, 6.07) is 12.6. The minimum atomic E-state index is -0.336. The molecule has 1 heterocycles. The molecule has 1 aromatic heterocycles. The van der Waals surface area contributed by atoms with Crippen LogP contribution >= 0.6 is 11.6 Å². The number of urea groups is 1. The Hall–Kier alpha value is -2.99. The van der Waals surface area contributed by atoms with Crippen LogP contribution in [-0.2, 0) is 6.54 Å². The molecular weight excluding hydrogens is 366 g/mol. The second kappa shape index (κ2) is 8.60. The standard InChI is InChI=1S/C20H20ClN3O3/c1-3-27-19-15(21)10-13(11-17(19)26-2)12-23-20(25)24-16-8-4-6-14-7-5-9-22-18(14)16/h4-11H,3,12H2,1-2H3,(H2,23,24,25). The number of rotatable bonds is 6. The van der Waals surface area contributed by atoms with E-state index >= 15 is 0 Å². The molecule has 140 valence electrons. The summed E-state index contributed by atoms with van der Waals surface area (Å²) in [7, 11) is 1.55. The van der Waals surface area contributed by atoms with E-state index in [1.54, 1.807) is 25.4 Å². The van der Waals surface area contributed by atoms with Gasteiger partial charge in [-0.3, -0.25) is 4.98 Å². The number of nitrogens with zero attached hydrogens (tertiary/aromatic N) is 1. The first-order valence-electron chi connectivity index (χ1n) is 8.50. The highest BCUT2D eigenvalue weighted by Gasteiger charge is 2.12. The maximum atomic E-state index is 12.3. The normalized spacial score (nSPS) is 10.5. The van der Waals surface area contributed by atoms with Crippen LogP contribution in [0.3, 0.4) is 0 Å². The lowest BCUT2D eigenvalue weighted by Crippen LogP contribution is -2.28. The summed E-state index contributed by atoms with van der Waals surface area (Å²) in [5, 5.41) is 7.03.